The van der Waals surface area contributed by atoms with E-state index < -0.39 is 0 Å². The number of carbonyl (C=O) groups excluding carboxylic acids is 1. The molecule has 1 aromatic carbocycles. The fraction of sp³-hybridized carbons (Fsp3) is 0.214. The number of aryl methyl sites for hydroxylation is 1. The molecule has 0 aliphatic carbocycles. The van der Waals surface area contributed by atoms with Crippen LogP contribution < -0.4 is 5.32 Å². The van der Waals surface area contributed by atoms with Crippen molar-refractivity contribution in [2.75, 3.05) is 0 Å². The van der Waals surface area contributed by atoms with Crippen molar-refractivity contribution in [3.63, 3.8) is 0 Å². The smallest absolute Gasteiger partial charge is 0.224 e. The monoisotopic (exact) mass is 228 g/mol. The van der Waals surface area contributed by atoms with Crippen LogP contribution in [0.15, 0.2) is 42.7 Å². The Kier molecular flexibility index (Phi) is 3.60. The van der Waals surface area contributed by atoms with Gasteiger partial charge in [-0.15, -0.1) is 0 Å². The van der Waals surface area contributed by atoms with Crippen molar-refractivity contribution < 1.29 is 4.79 Å². The Bertz CT molecular complexity index is 471. The minimum atomic E-state index is 0.0465. The van der Waals surface area contributed by atoms with Crippen LogP contribution in [0.2, 0.25) is 0 Å². The average molecular weight is 228 g/mol. The van der Waals surface area contributed by atoms with Crippen LogP contribution in [-0.2, 0) is 17.8 Å². The number of hydrogen-bond acceptors (Lipinski definition) is 1. The van der Waals surface area contributed by atoms with Gasteiger partial charge in [0.15, 0.2) is 0 Å². The molecule has 0 radical (unpaired) electrons. The summed E-state index contributed by atoms with van der Waals surface area (Å²) in [6, 6.07) is 10.1. The van der Waals surface area contributed by atoms with Gasteiger partial charge in [-0.1, -0.05) is 29.8 Å². The Morgan fingerprint density at radius 2 is 1.94 bits per heavy atom. The normalized spacial score (nSPS) is 10.2. The van der Waals surface area contributed by atoms with E-state index >= 15 is 0 Å². The quantitative estimate of drug-likeness (QED) is 0.827. The summed E-state index contributed by atoms with van der Waals surface area (Å²) < 4.78 is 0. The zero-order chi connectivity index (χ0) is 12.1. The number of aromatic amines is 1. The van der Waals surface area contributed by atoms with Crippen molar-refractivity contribution in [3.05, 3.63) is 59.4 Å². The second kappa shape index (κ2) is 5.34. The van der Waals surface area contributed by atoms with Crippen LogP contribution in [0.5, 0.6) is 0 Å². The van der Waals surface area contributed by atoms with Crippen LogP contribution in [0, 0.1) is 6.92 Å². The van der Waals surface area contributed by atoms with E-state index in [1.165, 1.54) is 5.56 Å². The second-order valence-corrected chi connectivity index (χ2v) is 4.16. The summed E-state index contributed by atoms with van der Waals surface area (Å²) in [4.78, 5) is 14.6. The number of H-pyrrole nitrogens is 1. The van der Waals surface area contributed by atoms with Gasteiger partial charge >= 0.3 is 0 Å². The molecule has 0 aliphatic rings. The molecule has 0 aliphatic heterocycles. The van der Waals surface area contributed by atoms with Gasteiger partial charge in [0.2, 0.25) is 5.91 Å². The predicted molar refractivity (Wildman–Crippen MR) is 67.5 cm³/mol. The number of rotatable bonds is 4. The SMILES string of the molecule is Cc1ccc(CNC(=O)Cc2cc[nH]c2)cc1. The minimum Gasteiger partial charge on any atom is -0.367 e. The molecule has 2 N–H and O–H groups in total. The van der Waals surface area contributed by atoms with Gasteiger partial charge in [0, 0.05) is 18.9 Å². The van der Waals surface area contributed by atoms with E-state index in [0.717, 1.165) is 11.1 Å². The number of nitrogens with one attached hydrogen (secondary N) is 2. The first-order valence-corrected chi connectivity index (χ1v) is 5.68. The van der Waals surface area contributed by atoms with Crippen LogP contribution in [-0.4, -0.2) is 10.9 Å². The van der Waals surface area contributed by atoms with Crippen molar-refractivity contribution in [2.24, 2.45) is 0 Å². The summed E-state index contributed by atoms with van der Waals surface area (Å²) in [5, 5.41) is 2.90. The van der Waals surface area contributed by atoms with Crippen LogP contribution in [0.3, 0.4) is 0 Å². The average Bonchev–Trinajstić information content (AvgIpc) is 2.81. The van der Waals surface area contributed by atoms with Crippen molar-refractivity contribution in [3.8, 4) is 0 Å². The fourth-order valence-corrected chi connectivity index (χ4v) is 1.62. The number of aromatic nitrogens is 1. The number of amides is 1. The number of carbonyl (C=O) groups is 1. The van der Waals surface area contributed by atoms with E-state index in [2.05, 4.69) is 10.3 Å². The third-order valence-electron chi connectivity index (χ3n) is 2.64. The van der Waals surface area contributed by atoms with Gasteiger partial charge in [-0.05, 0) is 24.1 Å². The van der Waals surface area contributed by atoms with Crippen molar-refractivity contribution in [1.29, 1.82) is 0 Å². The van der Waals surface area contributed by atoms with E-state index in [4.69, 9.17) is 0 Å². The molecule has 0 unspecified atom stereocenters. The van der Waals surface area contributed by atoms with Gasteiger partial charge in [-0.2, -0.15) is 0 Å². The molecule has 1 heterocycles. The summed E-state index contributed by atoms with van der Waals surface area (Å²) in [6.07, 6.45) is 4.09. The molecule has 0 saturated carbocycles. The Morgan fingerprint density at radius 3 is 2.59 bits per heavy atom. The van der Waals surface area contributed by atoms with E-state index in [9.17, 15) is 4.79 Å². The number of benzene rings is 1. The molecule has 2 rings (SSSR count). The topological polar surface area (TPSA) is 44.9 Å². The standard InChI is InChI=1S/C14H16N2O/c1-11-2-4-12(5-3-11)10-16-14(17)8-13-6-7-15-9-13/h2-7,9,15H,8,10H2,1H3,(H,16,17). The van der Waals surface area contributed by atoms with E-state index in [1.807, 2.05) is 49.6 Å². The molecule has 0 bridgehead atoms. The molecule has 3 heteroatoms. The van der Waals surface area contributed by atoms with Gasteiger partial charge in [0.1, 0.15) is 0 Å². The van der Waals surface area contributed by atoms with Gasteiger partial charge in [-0.25, -0.2) is 0 Å². The molecule has 3 nitrogen and oxygen atoms in total. The van der Waals surface area contributed by atoms with Crippen LogP contribution in [0.1, 0.15) is 16.7 Å². The highest BCUT2D eigenvalue weighted by Crippen LogP contribution is 2.03. The zero-order valence-electron chi connectivity index (χ0n) is 9.86. The second-order valence-electron chi connectivity index (χ2n) is 4.16. The minimum absolute atomic E-state index is 0.0465. The lowest BCUT2D eigenvalue weighted by molar-refractivity contribution is -0.120. The van der Waals surface area contributed by atoms with Crippen molar-refractivity contribution in [2.45, 2.75) is 19.9 Å². The van der Waals surface area contributed by atoms with Crippen molar-refractivity contribution >= 4 is 5.91 Å². The lowest BCUT2D eigenvalue weighted by Gasteiger charge is -2.04. The highest BCUT2D eigenvalue weighted by atomic mass is 16.1. The van der Waals surface area contributed by atoms with E-state index in [-0.39, 0.29) is 5.91 Å². The molecule has 1 amide bonds. The first-order chi connectivity index (χ1) is 8.24. The maximum Gasteiger partial charge on any atom is 0.224 e. The highest BCUT2D eigenvalue weighted by Gasteiger charge is 2.03. The molecular weight excluding hydrogens is 212 g/mol. The largest absolute Gasteiger partial charge is 0.367 e. The predicted octanol–water partition coefficient (Wildman–Crippen LogP) is 2.18. The third kappa shape index (κ3) is 3.48. The molecule has 1 aromatic heterocycles. The molecule has 0 spiro atoms. The summed E-state index contributed by atoms with van der Waals surface area (Å²) in [6.45, 7) is 2.64. The lowest BCUT2D eigenvalue weighted by atomic mass is 10.1. The fourth-order valence-electron chi connectivity index (χ4n) is 1.62. The molecule has 17 heavy (non-hydrogen) atoms. The van der Waals surface area contributed by atoms with Crippen LogP contribution >= 0.6 is 0 Å². The molecular formula is C14H16N2O. The van der Waals surface area contributed by atoms with Crippen LogP contribution in [0.4, 0.5) is 0 Å². The van der Waals surface area contributed by atoms with E-state index in [0.29, 0.717) is 13.0 Å². The molecule has 0 fully saturated rings. The summed E-state index contributed by atoms with van der Waals surface area (Å²) >= 11 is 0. The molecule has 0 saturated heterocycles. The summed E-state index contributed by atoms with van der Waals surface area (Å²) in [5.41, 5.74) is 3.36. The maximum atomic E-state index is 11.6. The van der Waals surface area contributed by atoms with Gasteiger partial charge in [0.05, 0.1) is 6.42 Å². The Labute approximate surface area is 101 Å². The summed E-state index contributed by atoms with van der Waals surface area (Å²) in [7, 11) is 0. The Hall–Kier alpha value is -2.03. The zero-order valence-corrected chi connectivity index (χ0v) is 9.86. The highest BCUT2D eigenvalue weighted by molar-refractivity contribution is 5.78. The first-order valence-electron chi connectivity index (χ1n) is 5.68. The molecule has 2 aromatic rings. The first kappa shape index (κ1) is 11.5. The maximum absolute atomic E-state index is 11.6. The third-order valence-corrected chi connectivity index (χ3v) is 2.64. The van der Waals surface area contributed by atoms with Crippen molar-refractivity contribution in [1.82, 2.24) is 10.3 Å². The van der Waals surface area contributed by atoms with Crippen LogP contribution in [0.25, 0.3) is 0 Å². The molecule has 88 valence electrons. The van der Waals surface area contributed by atoms with E-state index in [1.54, 1.807) is 0 Å². The number of hydrogen-bond donors (Lipinski definition) is 2. The molecule has 0 atom stereocenters. The Balaban J connectivity index is 1.82. The van der Waals surface area contributed by atoms with Gasteiger partial charge < -0.3 is 10.3 Å². The lowest BCUT2D eigenvalue weighted by Crippen LogP contribution is -2.24. The Morgan fingerprint density at radius 1 is 1.18 bits per heavy atom. The summed E-state index contributed by atoms with van der Waals surface area (Å²) in [5.74, 6) is 0.0465. The van der Waals surface area contributed by atoms with Gasteiger partial charge in [0.25, 0.3) is 0 Å². The van der Waals surface area contributed by atoms with Gasteiger partial charge in [-0.3, -0.25) is 4.79 Å².